The first-order valence-corrected chi connectivity index (χ1v) is 16.5. The molecule has 13 nitrogen and oxygen atoms in total. The molecule has 260 valence electrons. The lowest BCUT2D eigenvalue weighted by Gasteiger charge is -2.34. The average molecular weight is 662 g/mol. The van der Waals surface area contributed by atoms with Gasteiger partial charge in [0.2, 0.25) is 5.95 Å². The van der Waals surface area contributed by atoms with Gasteiger partial charge in [0.25, 0.3) is 0 Å². The van der Waals surface area contributed by atoms with Crippen LogP contribution in [0.25, 0.3) is 11.3 Å². The van der Waals surface area contributed by atoms with Crippen LogP contribution in [0.3, 0.4) is 0 Å². The van der Waals surface area contributed by atoms with Crippen molar-refractivity contribution in [1.29, 1.82) is 0 Å². The van der Waals surface area contributed by atoms with Crippen molar-refractivity contribution < 1.29 is 19.1 Å². The molecule has 4 rings (SSSR count). The van der Waals surface area contributed by atoms with E-state index in [1.165, 1.54) is 0 Å². The number of esters is 1. The molecule has 1 aliphatic heterocycles. The lowest BCUT2D eigenvalue weighted by molar-refractivity contribution is -0.156. The molecule has 48 heavy (non-hydrogen) atoms. The normalized spacial score (nSPS) is 14.3. The standard InChI is InChI=1S/C35H51N9O4/c1-34(2,3)47-31(45)25-44-18-16-43(17-19-44)24-26-20-28(23-36-21-26)39-32-37-13-12-29(40-32)27-10-11-30(38-22-27)41(7)14-9-15-42(8)33(46)48-35(4,5)6/h10-13,20-23H,9,14-19,24-25H2,1-8H3,(H,37,39,40). The number of piperazine rings is 1. The minimum absolute atomic E-state index is 0.181. The van der Waals surface area contributed by atoms with Gasteiger partial charge in [-0.15, -0.1) is 0 Å². The van der Waals surface area contributed by atoms with Gasteiger partial charge in [-0.3, -0.25) is 19.6 Å². The maximum atomic E-state index is 12.2. The number of rotatable bonds is 12. The minimum Gasteiger partial charge on any atom is -0.459 e. The van der Waals surface area contributed by atoms with E-state index in [9.17, 15) is 9.59 Å². The molecule has 0 aliphatic carbocycles. The first kappa shape index (κ1) is 36.5. The van der Waals surface area contributed by atoms with E-state index >= 15 is 0 Å². The number of nitrogens with one attached hydrogen (secondary N) is 1. The highest BCUT2D eigenvalue weighted by Crippen LogP contribution is 2.22. The number of amides is 1. The Morgan fingerprint density at radius 1 is 0.875 bits per heavy atom. The maximum absolute atomic E-state index is 12.2. The molecule has 3 aromatic heterocycles. The van der Waals surface area contributed by atoms with Gasteiger partial charge < -0.3 is 24.6 Å². The van der Waals surface area contributed by atoms with Crippen LogP contribution in [0.4, 0.5) is 22.2 Å². The molecular formula is C35H51N9O4. The van der Waals surface area contributed by atoms with Crippen LogP contribution in [-0.2, 0) is 20.8 Å². The number of aromatic nitrogens is 4. The van der Waals surface area contributed by atoms with Crippen LogP contribution < -0.4 is 10.2 Å². The van der Waals surface area contributed by atoms with Crippen molar-refractivity contribution >= 4 is 29.5 Å². The Morgan fingerprint density at radius 3 is 2.25 bits per heavy atom. The van der Waals surface area contributed by atoms with Crippen molar-refractivity contribution in [2.24, 2.45) is 0 Å². The molecule has 1 saturated heterocycles. The predicted molar refractivity (Wildman–Crippen MR) is 187 cm³/mol. The van der Waals surface area contributed by atoms with E-state index in [-0.39, 0.29) is 12.1 Å². The highest BCUT2D eigenvalue weighted by molar-refractivity contribution is 5.72. The fraction of sp³-hybridized carbons (Fsp3) is 0.543. The number of carbonyl (C=O) groups is 2. The number of anilines is 3. The molecule has 0 bridgehead atoms. The summed E-state index contributed by atoms with van der Waals surface area (Å²) in [6.07, 6.45) is 7.62. The van der Waals surface area contributed by atoms with Gasteiger partial charge in [0.15, 0.2) is 0 Å². The summed E-state index contributed by atoms with van der Waals surface area (Å²) in [6.45, 7) is 17.0. The molecule has 0 aromatic carbocycles. The maximum Gasteiger partial charge on any atom is 0.410 e. The fourth-order valence-corrected chi connectivity index (χ4v) is 5.13. The lowest BCUT2D eigenvalue weighted by atomic mass is 10.2. The van der Waals surface area contributed by atoms with Crippen molar-refractivity contribution in [3.05, 3.63) is 54.6 Å². The number of pyridine rings is 2. The zero-order chi connectivity index (χ0) is 34.9. The second-order valence-electron chi connectivity index (χ2n) is 14.2. The molecule has 1 fully saturated rings. The number of carbonyl (C=O) groups excluding carboxylic acids is 2. The second kappa shape index (κ2) is 16.2. The van der Waals surface area contributed by atoms with Crippen molar-refractivity contribution in [2.45, 2.75) is 65.7 Å². The number of hydrogen-bond acceptors (Lipinski definition) is 12. The van der Waals surface area contributed by atoms with Crippen LogP contribution in [0.15, 0.2) is 49.1 Å². The molecule has 1 N–H and O–H groups in total. The zero-order valence-corrected chi connectivity index (χ0v) is 29.7. The lowest BCUT2D eigenvalue weighted by Crippen LogP contribution is -2.48. The van der Waals surface area contributed by atoms with E-state index in [0.717, 1.165) is 74.0 Å². The highest BCUT2D eigenvalue weighted by atomic mass is 16.6. The average Bonchev–Trinajstić information content (AvgIpc) is 3.00. The molecule has 0 spiro atoms. The number of nitrogens with zero attached hydrogens (tertiary/aromatic N) is 8. The van der Waals surface area contributed by atoms with Gasteiger partial charge in [0, 0.05) is 84.1 Å². The van der Waals surface area contributed by atoms with Gasteiger partial charge in [0.1, 0.15) is 17.0 Å². The summed E-state index contributed by atoms with van der Waals surface area (Å²) in [4.78, 5) is 50.8. The molecule has 1 aliphatic rings. The third-order valence-corrected chi connectivity index (χ3v) is 7.48. The predicted octanol–water partition coefficient (Wildman–Crippen LogP) is 4.83. The molecule has 0 radical (unpaired) electrons. The van der Waals surface area contributed by atoms with Crippen LogP contribution in [0.5, 0.6) is 0 Å². The molecular weight excluding hydrogens is 610 g/mol. The molecule has 0 atom stereocenters. The van der Waals surface area contributed by atoms with Crippen molar-refractivity contribution in [2.75, 3.05) is 70.1 Å². The monoisotopic (exact) mass is 661 g/mol. The Bertz CT molecular complexity index is 1500. The van der Waals surface area contributed by atoms with Crippen LogP contribution in [-0.4, -0.2) is 118 Å². The van der Waals surface area contributed by atoms with E-state index in [4.69, 9.17) is 14.5 Å². The fourth-order valence-electron chi connectivity index (χ4n) is 5.13. The van der Waals surface area contributed by atoms with Crippen molar-refractivity contribution in [3.8, 4) is 11.3 Å². The third-order valence-electron chi connectivity index (χ3n) is 7.48. The Balaban J connectivity index is 1.26. The first-order chi connectivity index (χ1) is 22.6. The summed E-state index contributed by atoms with van der Waals surface area (Å²) in [6, 6.07) is 7.88. The summed E-state index contributed by atoms with van der Waals surface area (Å²) in [5.74, 6) is 1.12. The molecule has 0 saturated carbocycles. The van der Waals surface area contributed by atoms with Crippen LogP contribution in [0.2, 0.25) is 0 Å². The molecule has 0 unspecified atom stereocenters. The van der Waals surface area contributed by atoms with Crippen LogP contribution >= 0.6 is 0 Å². The van der Waals surface area contributed by atoms with Crippen LogP contribution in [0.1, 0.15) is 53.5 Å². The number of hydrogen-bond donors (Lipinski definition) is 1. The van der Waals surface area contributed by atoms with Crippen LogP contribution in [0, 0.1) is 0 Å². The van der Waals surface area contributed by atoms with Gasteiger partial charge in [-0.05, 0) is 77.8 Å². The largest absolute Gasteiger partial charge is 0.459 e. The van der Waals surface area contributed by atoms with E-state index in [2.05, 4.69) is 41.0 Å². The molecule has 1 amide bonds. The van der Waals surface area contributed by atoms with E-state index in [1.807, 2.05) is 73.0 Å². The minimum atomic E-state index is -0.512. The van der Waals surface area contributed by atoms with Gasteiger partial charge in [-0.25, -0.2) is 19.7 Å². The zero-order valence-electron chi connectivity index (χ0n) is 29.7. The summed E-state index contributed by atoms with van der Waals surface area (Å²) < 4.78 is 10.9. The van der Waals surface area contributed by atoms with E-state index < -0.39 is 11.2 Å². The van der Waals surface area contributed by atoms with Gasteiger partial charge in [0.05, 0.1) is 24.1 Å². The molecule has 3 aromatic rings. The van der Waals surface area contributed by atoms with Crippen molar-refractivity contribution in [3.63, 3.8) is 0 Å². The summed E-state index contributed by atoms with van der Waals surface area (Å²) in [7, 11) is 3.73. The topological polar surface area (TPSA) is 129 Å². The van der Waals surface area contributed by atoms with Crippen molar-refractivity contribution in [1.82, 2.24) is 34.6 Å². The Hall–Kier alpha value is -4.36. The third kappa shape index (κ3) is 12.0. The summed E-state index contributed by atoms with van der Waals surface area (Å²) in [5, 5.41) is 3.29. The van der Waals surface area contributed by atoms with E-state index in [1.54, 1.807) is 30.5 Å². The van der Waals surface area contributed by atoms with Gasteiger partial charge in [-0.1, -0.05) is 0 Å². The smallest absolute Gasteiger partial charge is 0.410 e. The summed E-state index contributed by atoms with van der Waals surface area (Å²) in [5.41, 5.74) is 2.53. The molecule has 13 heteroatoms. The summed E-state index contributed by atoms with van der Waals surface area (Å²) >= 11 is 0. The molecule has 4 heterocycles. The first-order valence-electron chi connectivity index (χ1n) is 16.5. The van der Waals surface area contributed by atoms with Gasteiger partial charge in [-0.2, -0.15) is 0 Å². The second-order valence-corrected chi connectivity index (χ2v) is 14.2. The van der Waals surface area contributed by atoms with E-state index in [0.29, 0.717) is 19.0 Å². The highest BCUT2D eigenvalue weighted by Gasteiger charge is 2.23. The Morgan fingerprint density at radius 2 is 1.58 bits per heavy atom. The van der Waals surface area contributed by atoms with Gasteiger partial charge >= 0.3 is 12.1 Å². The Kier molecular flexibility index (Phi) is 12.3. The quantitative estimate of drug-likeness (QED) is 0.267. The number of ether oxygens (including phenoxy) is 2. The SMILES string of the molecule is CN(CCCN(C)c1ccc(-c2ccnc(Nc3cncc(CN4CCN(CC(=O)OC(C)(C)C)CC4)c3)n2)cn1)C(=O)OC(C)(C)C. The Labute approximate surface area is 284 Å².